The first-order valence-electron chi connectivity index (χ1n) is 2.56. The minimum absolute atomic E-state index is 0.0803. The van der Waals surface area contributed by atoms with Crippen LogP contribution in [0.15, 0.2) is 12.1 Å². The van der Waals surface area contributed by atoms with E-state index < -0.39 is 0 Å². The number of Topliss-reactive ketones (excluding diaryl/α,β-unsaturated/α-hetero) is 1. The third-order valence-electron chi connectivity index (χ3n) is 0.974. The van der Waals surface area contributed by atoms with Crippen molar-refractivity contribution in [2.24, 2.45) is 0 Å². The Morgan fingerprint density at radius 2 is 2.33 bits per heavy atom. The number of thiophene rings is 1. The monoisotopic (exact) mass is 136 g/mol. The van der Waals surface area contributed by atoms with E-state index in [-0.39, 0.29) is 5.78 Å². The van der Waals surface area contributed by atoms with Crippen LogP contribution in [0.3, 0.4) is 0 Å². The predicted molar refractivity (Wildman–Crippen MR) is 39.7 cm³/mol. The van der Waals surface area contributed by atoms with Crippen molar-refractivity contribution in [1.29, 1.82) is 0 Å². The van der Waals surface area contributed by atoms with Crippen LogP contribution >= 0.6 is 11.3 Å². The molecule has 1 aromatic heterocycles. The van der Waals surface area contributed by atoms with Gasteiger partial charge < -0.3 is 0 Å². The Labute approximate surface area is 59.1 Å². The molecule has 2 radical (unpaired) electrons. The molecule has 0 N–H and O–H groups in total. The quantitative estimate of drug-likeness (QED) is 0.411. The van der Waals surface area contributed by atoms with Crippen molar-refractivity contribution in [1.82, 2.24) is 0 Å². The second kappa shape index (κ2) is 2.35. The lowest BCUT2D eigenvalue weighted by atomic mass is 10.1. The number of ketones is 1. The van der Waals surface area contributed by atoms with E-state index in [9.17, 15) is 4.79 Å². The number of carbonyl (C=O) groups is 1. The first-order chi connectivity index (χ1) is 4.20. The average molecular weight is 136 g/mol. The number of rotatable bonds is 1. The highest BCUT2D eigenvalue weighted by Gasteiger charge is 1.98. The zero-order valence-corrected chi connectivity index (χ0v) is 5.87. The summed E-state index contributed by atoms with van der Waals surface area (Å²) < 4.78 is 0.695. The maximum absolute atomic E-state index is 10.6. The summed E-state index contributed by atoms with van der Waals surface area (Å²) in [4.78, 5) is 11.3. The fraction of sp³-hybridized carbons (Fsp3) is 0.167. The average Bonchev–Trinajstić information content (AvgIpc) is 2.14. The second-order valence-electron chi connectivity index (χ2n) is 1.76. The van der Waals surface area contributed by atoms with E-state index in [2.05, 4.69) is 0 Å². The van der Waals surface area contributed by atoms with Crippen molar-refractivity contribution in [3.05, 3.63) is 17.0 Å². The van der Waals surface area contributed by atoms with E-state index in [1.54, 1.807) is 12.1 Å². The second-order valence-corrected chi connectivity index (χ2v) is 2.87. The van der Waals surface area contributed by atoms with Crippen LogP contribution in [0.4, 0.5) is 0 Å². The summed E-state index contributed by atoms with van der Waals surface area (Å²) in [6, 6.07) is 3.48. The van der Waals surface area contributed by atoms with Crippen LogP contribution < -0.4 is 4.78 Å². The highest BCUT2D eigenvalue weighted by Crippen LogP contribution is 2.04. The third-order valence-corrected chi connectivity index (χ3v) is 1.99. The zero-order chi connectivity index (χ0) is 6.85. The number of hydrogen-bond acceptors (Lipinski definition) is 2. The Balaban J connectivity index is 2.98. The molecule has 0 saturated heterocycles. The van der Waals surface area contributed by atoms with Gasteiger partial charge in [0.25, 0.3) is 0 Å². The lowest BCUT2D eigenvalue weighted by Gasteiger charge is -1.81. The first-order valence-corrected chi connectivity index (χ1v) is 3.38. The number of carbonyl (C=O) groups excluding carboxylic acids is 1. The maximum atomic E-state index is 10.6. The molecule has 0 aliphatic heterocycles. The minimum Gasteiger partial charge on any atom is -0.294 e. The molecule has 0 aliphatic rings. The lowest BCUT2D eigenvalue weighted by Crippen LogP contribution is -1.90. The molecule has 0 atom stereocenters. The Morgan fingerprint density at radius 3 is 2.56 bits per heavy atom. The lowest BCUT2D eigenvalue weighted by molar-refractivity contribution is 0.102. The molecule has 0 aromatic carbocycles. The Bertz CT molecular complexity index is 229. The fourth-order valence-electron chi connectivity index (χ4n) is 0.542. The summed E-state index contributed by atoms with van der Waals surface area (Å²) in [6.45, 7) is 1.53. The normalized spacial score (nSPS) is 9.44. The van der Waals surface area contributed by atoms with E-state index in [0.717, 1.165) is 4.88 Å². The molecule has 0 bridgehead atoms. The molecule has 1 aromatic rings. The van der Waals surface area contributed by atoms with Gasteiger partial charge in [-0.3, -0.25) is 4.79 Å². The third kappa shape index (κ3) is 1.42. The van der Waals surface area contributed by atoms with Crippen molar-refractivity contribution in [3.63, 3.8) is 0 Å². The molecule has 0 amide bonds. The maximum Gasteiger partial charge on any atom is 0.169 e. The summed E-state index contributed by atoms with van der Waals surface area (Å²) in [5.41, 5.74) is 0. The zero-order valence-electron chi connectivity index (χ0n) is 5.05. The molecular formula is C6H5BOS. The van der Waals surface area contributed by atoms with Gasteiger partial charge in [-0.25, -0.2) is 0 Å². The van der Waals surface area contributed by atoms with Crippen molar-refractivity contribution in [3.8, 4) is 0 Å². The first kappa shape index (κ1) is 6.55. The standard InChI is InChI=1S/C6H5BOS/c1-4(8)5-2-3-6(7)9-5/h2-3H,1H3. The molecule has 0 aliphatic carbocycles. The van der Waals surface area contributed by atoms with Gasteiger partial charge in [-0.15, -0.1) is 11.3 Å². The predicted octanol–water partition coefficient (Wildman–Crippen LogP) is 0.745. The van der Waals surface area contributed by atoms with E-state index in [0.29, 0.717) is 4.78 Å². The smallest absolute Gasteiger partial charge is 0.169 e. The molecule has 0 saturated carbocycles. The molecule has 0 fully saturated rings. The molecule has 1 nitrogen and oxygen atoms in total. The van der Waals surface area contributed by atoms with Gasteiger partial charge in [0.1, 0.15) is 7.85 Å². The van der Waals surface area contributed by atoms with E-state index in [1.807, 2.05) is 0 Å². The topological polar surface area (TPSA) is 17.1 Å². The summed E-state index contributed by atoms with van der Waals surface area (Å²) >= 11 is 1.32. The van der Waals surface area contributed by atoms with E-state index >= 15 is 0 Å². The van der Waals surface area contributed by atoms with Crippen molar-refractivity contribution >= 4 is 29.7 Å². The highest BCUT2D eigenvalue weighted by atomic mass is 32.1. The van der Waals surface area contributed by atoms with Crippen LogP contribution in [0.1, 0.15) is 16.6 Å². The summed E-state index contributed by atoms with van der Waals surface area (Å²) in [7, 11) is 5.38. The Kier molecular flexibility index (Phi) is 1.71. The van der Waals surface area contributed by atoms with Gasteiger partial charge in [0.15, 0.2) is 5.78 Å². The molecule has 0 spiro atoms. The van der Waals surface area contributed by atoms with Gasteiger partial charge in [0.05, 0.1) is 4.88 Å². The van der Waals surface area contributed by atoms with E-state index in [4.69, 9.17) is 7.85 Å². The van der Waals surface area contributed by atoms with Crippen LogP contribution in [-0.2, 0) is 0 Å². The van der Waals surface area contributed by atoms with Gasteiger partial charge in [-0.05, 0) is 17.8 Å². The SMILES string of the molecule is [B]c1ccc(C(C)=O)s1. The molecule has 1 heterocycles. The fourth-order valence-corrected chi connectivity index (χ4v) is 1.21. The van der Waals surface area contributed by atoms with Gasteiger partial charge in [-0.2, -0.15) is 0 Å². The van der Waals surface area contributed by atoms with Crippen LogP contribution in [0.5, 0.6) is 0 Å². The summed E-state index contributed by atoms with van der Waals surface area (Å²) in [5, 5.41) is 0. The molecular weight excluding hydrogens is 131 g/mol. The van der Waals surface area contributed by atoms with Crippen LogP contribution in [0.2, 0.25) is 0 Å². The molecule has 3 heteroatoms. The Hall–Kier alpha value is -0.565. The largest absolute Gasteiger partial charge is 0.294 e. The molecule has 1 rings (SSSR count). The number of hydrogen-bond donors (Lipinski definition) is 0. The molecule has 44 valence electrons. The van der Waals surface area contributed by atoms with Gasteiger partial charge >= 0.3 is 0 Å². The minimum atomic E-state index is 0.0803. The van der Waals surface area contributed by atoms with Crippen molar-refractivity contribution in [2.75, 3.05) is 0 Å². The van der Waals surface area contributed by atoms with Crippen LogP contribution in [0, 0.1) is 0 Å². The van der Waals surface area contributed by atoms with Gasteiger partial charge in [0, 0.05) is 0 Å². The Morgan fingerprint density at radius 1 is 1.67 bits per heavy atom. The molecule has 0 unspecified atom stereocenters. The van der Waals surface area contributed by atoms with Crippen LogP contribution in [-0.4, -0.2) is 13.6 Å². The summed E-state index contributed by atoms with van der Waals surface area (Å²) in [5.74, 6) is 0.0803. The van der Waals surface area contributed by atoms with E-state index in [1.165, 1.54) is 18.3 Å². The highest BCUT2D eigenvalue weighted by molar-refractivity contribution is 7.21. The summed E-state index contributed by atoms with van der Waals surface area (Å²) in [6.07, 6.45) is 0. The van der Waals surface area contributed by atoms with Gasteiger partial charge in [-0.1, -0.05) is 6.07 Å². The van der Waals surface area contributed by atoms with Gasteiger partial charge in [0.2, 0.25) is 0 Å². The van der Waals surface area contributed by atoms with Crippen LogP contribution in [0.25, 0.3) is 0 Å². The van der Waals surface area contributed by atoms with Crippen molar-refractivity contribution in [2.45, 2.75) is 6.92 Å². The molecule has 9 heavy (non-hydrogen) atoms. The van der Waals surface area contributed by atoms with Crippen molar-refractivity contribution < 1.29 is 4.79 Å².